The van der Waals surface area contributed by atoms with Crippen molar-refractivity contribution in [3.05, 3.63) is 29.8 Å². The lowest BCUT2D eigenvalue weighted by Crippen LogP contribution is -2.55. The Morgan fingerprint density at radius 3 is 2.08 bits per heavy atom. The Bertz CT molecular complexity index is 708. The van der Waals surface area contributed by atoms with Crippen molar-refractivity contribution in [3.63, 3.8) is 0 Å². The maximum Gasteiger partial charge on any atom is 0.243 e. The highest BCUT2D eigenvalue weighted by Crippen LogP contribution is 2.23. The van der Waals surface area contributed by atoms with Crippen molar-refractivity contribution in [1.82, 2.24) is 9.21 Å². The van der Waals surface area contributed by atoms with Crippen LogP contribution in [0, 0.1) is 5.92 Å². The Balaban J connectivity index is 2.04. The number of carbonyl (C=O) groups excluding carboxylic acids is 1. The molecule has 1 fully saturated rings. The van der Waals surface area contributed by atoms with Crippen molar-refractivity contribution in [1.29, 1.82) is 0 Å². The molecule has 0 aromatic heterocycles. The lowest BCUT2D eigenvalue weighted by Gasteiger charge is -2.35. The van der Waals surface area contributed by atoms with E-state index in [1.165, 1.54) is 4.31 Å². The predicted octanol–water partition coefficient (Wildman–Crippen LogP) is 2.02. The van der Waals surface area contributed by atoms with Gasteiger partial charge in [0.05, 0.1) is 10.9 Å². The van der Waals surface area contributed by atoms with Gasteiger partial charge in [0.15, 0.2) is 0 Å². The SMILES string of the molecule is CCC(C)c1ccc(S(=O)(=O)N2CCN(C(=O)[C@@H](N)C(C)C)CC2)cc1. The van der Waals surface area contributed by atoms with E-state index in [1.807, 2.05) is 26.0 Å². The van der Waals surface area contributed by atoms with Crippen LogP contribution in [0.5, 0.6) is 0 Å². The van der Waals surface area contributed by atoms with E-state index in [9.17, 15) is 13.2 Å². The van der Waals surface area contributed by atoms with Crippen LogP contribution in [0.4, 0.5) is 0 Å². The molecule has 7 heteroatoms. The van der Waals surface area contributed by atoms with Gasteiger partial charge in [0, 0.05) is 26.2 Å². The molecule has 0 bridgehead atoms. The Kier molecular flexibility index (Phi) is 6.82. The van der Waals surface area contributed by atoms with Gasteiger partial charge >= 0.3 is 0 Å². The first kappa shape index (κ1) is 20.9. The molecule has 1 heterocycles. The number of benzene rings is 1. The quantitative estimate of drug-likeness (QED) is 0.817. The van der Waals surface area contributed by atoms with Crippen LogP contribution in [0.2, 0.25) is 0 Å². The largest absolute Gasteiger partial charge is 0.339 e. The second-order valence-corrected chi connectivity index (χ2v) is 9.32. The van der Waals surface area contributed by atoms with Crippen molar-refractivity contribution in [2.45, 2.75) is 51.0 Å². The molecule has 0 radical (unpaired) electrons. The van der Waals surface area contributed by atoms with Gasteiger partial charge in [0.25, 0.3) is 0 Å². The third kappa shape index (κ3) is 4.45. The fraction of sp³-hybridized carbons (Fsp3) is 0.632. The molecule has 0 spiro atoms. The first-order valence-electron chi connectivity index (χ1n) is 9.33. The number of sulfonamides is 1. The lowest BCUT2D eigenvalue weighted by atomic mass is 9.99. The molecule has 0 saturated carbocycles. The van der Waals surface area contributed by atoms with Crippen molar-refractivity contribution in [2.24, 2.45) is 11.7 Å². The molecular weight excluding hydrogens is 350 g/mol. The van der Waals surface area contributed by atoms with Gasteiger partial charge in [0.2, 0.25) is 15.9 Å². The molecule has 1 aliphatic rings. The number of piperazine rings is 1. The van der Waals surface area contributed by atoms with E-state index in [0.717, 1.165) is 12.0 Å². The zero-order valence-corrected chi connectivity index (χ0v) is 17.0. The molecule has 146 valence electrons. The third-order valence-corrected chi connectivity index (χ3v) is 7.17. The van der Waals surface area contributed by atoms with Crippen LogP contribution >= 0.6 is 0 Å². The van der Waals surface area contributed by atoms with Crippen LogP contribution in [0.3, 0.4) is 0 Å². The molecule has 1 unspecified atom stereocenters. The maximum absolute atomic E-state index is 12.9. The first-order valence-corrected chi connectivity index (χ1v) is 10.8. The van der Waals surface area contributed by atoms with Crippen molar-refractivity contribution < 1.29 is 13.2 Å². The van der Waals surface area contributed by atoms with E-state index >= 15 is 0 Å². The van der Waals surface area contributed by atoms with Gasteiger partial charge in [-0.3, -0.25) is 4.79 Å². The molecule has 26 heavy (non-hydrogen) atoms. The summed E-state index contributed by atoms with van der Waals surface area (Å²) in [6.45, 7) is 9.41. The topological polar surface area (TPSA) is 83.7 Å². The number of carbonyl (C=O) groups is 1. The zero-order chi connectivity index (χ0) is 19.5. The number of nitrogens with zero attached hydrogens (tertiary/aromatic N) is 2. The van der Waals surface area contributed by atoms with Crippen molar-refractivity contribution in [3.8, 4) is 0 Å². The van der Waals surface area contributed by atoms with E-state index in [0.29, 0.717) is 37.0 Å². The van der Waals surface area contributed by atoms with Crippen LogP contribution in [0.1, 0.15) is 45.6 Å². The summed E-state index contributed by atoms with van der Waals surface area (Å²) in [7, 11) is -3.53. The minimum atomic E-state index is -3.53. The first-order chi connectivity index (χ1) is 12.2. The second kappa shape index (κ2) is 8.50. The summed E-state index contributed by atoms with van der Waals surface area (Å²) in [5.41, 5.74) is 7.07. The van der Waals surface area contributed by atoms with E-state index < -0.39 is 16.1 Å². The molecule has 1 saturated heterocycles. The van der Waals surface area contributed by atoms with E-state index in [2.05, 4.69) is 13.8 Å². The van der Waals surface area contributed by atoms with Gasteiger partial charge in [-0.15, -0.1) is 0 Å². The van der Waals surface area contributed by atoms with Gasteiger partial charge in [-0.05, 0) is 36.0 Å². The molecular formula is C19H31N3O3S. The zero-order valence-electron chi connectivity index (χ0n) is 16.2. The fourth-order valence-electron chi connectivity index (χ4n) is 3.00. The monoisotopic (exact) mass is 381 g/mol. The predicted molar refractivity (Wildman–Crippen MR) is 103 cm³/mol. The molecule has 1 aromatic rings. The molecule has 2 atom stereocenters. The van der Waals surface area contributed by atoms with E-state index in [1.54, 1.807) is 17.0 Å². The fourth-order valence-corrected chi connectivity index (χ4v) is 4.42. The average molecular weight is 382 g/mol. The Labute approximate surface area is 157 Å². The van der Waals surface area contributed by atoms with Gasteiger partial charge in [-0.25, -0.2) is 8.42 Å². The summed E-state index contributed by atoms with van der Waals surface area (Å²) in [5, 5.41) is 0. The summed E-state index contributed by atoms with van der Waals surface area (Å²) in [6.07, 6.45) is 1.01. The van der Waals surface area contributed by atoms with Crippen molar-refractivity contribution in [2.75, 3.05) is 26.2 Å². The molecule has 1 aromatic carbocycles. The summed E-state index contributed by atoms with van der Waals surface area (Å²) in [4.78, 5) is 14.3. The minimum absolute atomic E-state index is 0.0632. The van der Waals surface area contributed by atoms with Gasteiger partial charge in [0.1, 0.15) is 0 Å². The van der Waals surface area contributed by atoms with Crippen LogP contribution in [0.25, 0.3) is 0 Å². The summed E-state index contributed by atoms with van der Waals surface area (Å²) in [6, 6.07) is 6.61. The van der Waals surface area contributed by atoms with Crippen molar-refractivity contribution >= 4 is 15.9 Å². The number of nitrogens with two attached hydrogens (primary N) is 1. The third-order valence-electron chi connectivity index (χ3n) is 5.25. The van der Waals surface area contributed by atoms with Gasteiger partial charge in [-0.2, -0.15) is 4.31 Å². The molecule has 0 aliphatic carbocycles. The summed E-state index contributed by atoms with van der Waals surface area (Å²) < 4.78 is 27.2. The average Bonchev–Trinajstić information content (AvgIpc) is 2.66. The van der Waals surface area contributed by atoms with E-state index in [-0.39, 0.29) is 11.8 Å². The number of rotatable bonds is 6. The molecule has 1 aliphatic heterocycles. The number of hydrogen-bond donors (Lipinski definition) is 1. The summed E-state index contributed by atoms with van der Waals surface area (Å²) in [5.74, 6) is 0.370. The smallest absolute Gasteiger partial charge is 0.243 e. The highest BCUT2D eigenvalue weighted by molar-refractivity contribution is 7.89. The highest BCUT2D eigenvalue weighted by Gasteiger charge is 2.32. The van der Waals surface area contributed by atoms with Crippen LogP contribution in [0.15, 0.2) is 29.2 Å². The molecule has 6 nitrogen and oxygen atoms in total. The van der Waals surface area contributed by atoms with Gasteiger partial charge in [-0.1, -0.05) is 39.8 Å². The number of amides is 1. The Morgan fingerprint density at radius 2 is 1.62 bits per heavy atom. The molecule has 2 N–H and O–H groups in total. The molecule has 2 rings (SSSR count). The van der Waals surface area contributed by atoms with Crippen LogP contribution in [-0.2, 0) is 14.8 Å². The standard InChI is InChI=1S/C19H31N3O3S/c1-5-15(4)16-6-8-17(9-7-16)26(24,25)22-12-10-21(11-13-22)19(23)18(20)14(2)3/h6-9,14-15,18H,5,10-13,20H2,1-4H3/t15?,18-/m0/s1. The van der Waals surface area contributed by atoms with Gasteiger partial charge < -0.3 is 10.6 Å². The van der Waals surface area contributed by atoms with E-state index in [4.69, 9.17) is 5.73 Å². The Hall–Kier alpha value is -1.44. The minimum Gasteiger partial charge on any atom is -0.339 e. The van der Waals surface area contributed by atoms with Crippen LogP contribution < -0.4 is 5.73 Å². The lowest BCUT2D eigenvalue weighted by molar-refractivity contribution is -0.134. The Morgan fingerprint density at radius 1 is 1.08 bits per heavy atom. The number of hydrogen-bond acceptors (Lipinski definition) is 4. The molecule has 1 amide bonds. The normalized spacial score (nSPS) is 18.8. The second-order valence-electron chi connectivity index (χ2n) is 7.38. The highest BCUT2D eigenvalue weighted by atomic mass is 32.2. The maximum atomic E-state index is 12.9. The summed E-state index contributed by atoms with van der Waals surface area (Å²) >= 11 is 0. The van der Waals surface area contributed by atoms with Crippen LogP contribution in [-0.4, -0.2) is 55.8 Å².